The lowest BCUT2D eigenvalue weighted by Crippen LogP contribution is -2.34. The zero-order valence-corrected chi connectivity index (χ0v) is 17.8. The second-order valence-electron chi connectivity index (χ2n) is 6.99. The van der Waals surface area contributed by atoms with Crippen molar-refractivity contribution in [3.05, 3.63) is 66.0 Å². The van der Waals surface area contributed by atoms with Crippen LogP contribution in [0.3, 0.4) is 0 Å². The highest BCUT2D eigenvalue weighted by Crippen LogP contribution is 2.14. The fourth-order valence-corrected chi connectivity index (χ4v) is 4.26. The Hall–Kier alpha value is -3.07. The van der Waals surface area contributed by atoms with Gasteiger partial charge in [0.1, 0.15) is 5.25 Å². The molecule has 0 saturated carbocycles. The van der Waals surface area contributed by atoms with E-state index in [4.69, 9.17) is 0 Å². The van der Waals surface area contributed by atoms with Crippen LogP contribution >= 0.6 is 0 Å². The van der Waals surface area contributed by atoms with Crippen LogP contribution in [0.4, 0.5) is 5.69 Å². The highest BCUT2D eigenvalue weighted by atomic mass is 32.2. The maximum Gasteiger partial charge on any atom is 0.242 e. The van der Waals surface area contributed by atoms with E-state index in [1.54, 1.807) is 16.8 Å². The Morgan fingerprint density at radius 2 is 1.80 bits per heavy atom. The Balaban J connectivity index is 1.57. The van der Waals surface area contributed by atoms with Crippen molar-refractivity contribution in [1.29, 1.82) is 0 Å². The average molecular weight is 428 g/mol. The number of hydrogen-bond donors (Lipinski definition) is 1. The lowest BCUT2D eigenvalue weighted by Gasteiger charge is -2.13. The number of tetrazole rings is 1. The molecule has 1 unspecified atom stereocenters. The smallest absolute Gasteiger partial charge is 0.242 e. The van der Waals surface area contributed by atoms with Gasteiger partial charge in [-0.25, -0.2) is 8.42 Å². The van der Waals surface area contributed by atoms with Crippen LogP contribution in [-0.2, 0) is 27.5 Å². The molecule has 0 aliphatic heterocycles. The van der Waals surface area contributed by atoms with Crippen molar-refractivity contribution >= 4 is 21.4 Å². The van der Waals surface area contributed by atoms with Crippen LogP contribution in [0.2, 0.25) is 0 Å². The predicted octanol–water partition coefficient (Wildman–Crippen LogP) is 2.60. The third-order valence-corrected chi connectivity index (χ3v) is 7.05. The topological polar surface area (TPSA) is 107 Å². The second kappa shape index (κ2) is 9.62. The molecule has 30 heavy (non-hydrogen) atoms. The third-order valence-electron chi connectivity index (χ3n) is 4.90. The largest absolute Gasteiger partial charge is 0.325 e. The number of hydrogen-bond acceptors (Lipinski definition) is 6. The summed E-state index contributed by atoms with van der Waals surface area (Å²) in [7, 11) is -3.61. The molecule has 3 rings (SSSR count). The number of nitrogens with zero attached hydrogens (tertiary/aromatic N) is 4. The molecule has 8 nitrogen and oxygen atoms in total. The van der Waals surface area contributed by atoms with Gasteiger partial charge in [0.15, 0.2) is 15.7 Å². The Morgan fingerprint density at radius 1 is 1.10 bits per heavy atom. The van der Waals surface area contributed by atoms with Crippen LogP contribution in [0.1, 0.15) is 31.7 Å². The number of aryl methyl sites for hydroxylation is 2. The minimum Gasteiger partial charge on any atom is -0.325 e. The summed E-state index contributed by atoms with van der Waals surface area (Å²) in [4.78, 5) is 12.4. The molecule has 0 fully saturated rings. The molecule has 0 spiro atoms. The van der Waals surface area contributed by atoms with Gasteiger partial charge in [0.25, 0.3) is 0 Å². The first-order chi connectivity index (χ1) is 14.4. The number of anilines is 1. The molecule has 1 atom stereocenters. The standard InChI is InChI=1S/C21H25N5O3S/c1-3-17-11-13-18(14-12-17)22-21(27)16(2)30(28,29)15-7-10-20-23-24-25-26(20)19-8-5-4-6-9-19/h4-6,8-9,11-14,16H,3,7,10,15H2,1-2H3,(H,22,27). The lowest BCUT2D eigenvalue weighted by atomic mass is 10.1. The molecule has 0 saturated heterocycles. The number of nitrogens with one attached hydrogen (secondary N) is 1. The number of carbonyl (C=O) groups is 1. The molecule has 3 aromatic rings. The van der Waals surface area contributed by atoms with E-state index in [0.717, 1.165) is 17.7 Å². The van der Waals surface area contributed by atoms with Gasteiger partial charge in [0.05, 0.1) is 11.4 Å². The Bertz CT molecular complexity index is 1080. The van der Waals surface area contributed by atoms with E-state index in [1.165, 1.54) is 6.92 Å². The highest BCUT2D eigenvalue weighted by Gasteiger charge is 2.28. The van der Waals surface area contributed by atoms with Crippen molar-refractivity contribution in [1.82, 2.24) is 20.2 Å². The summed E-state index contributed by atoms with van der Waals surface area (Å²) in [5.41, 5.74) is 2.54. The number of sulfone groups is 1. The van der Waals surface area contributed by atoms with Gasteiger partial charge < -0.3 is 5.32 Å². The predicted molar refractivity (Wildman–Crippen MR) is 115 cm³/mol. The first kappa shape index (κ1) is 21.6. The maximum atomic E-state index is 12.6. The van der Waals surface area contributed by atoms with Crippen molar-refractivity contribution < 1.29 is 13.2 Å². The first-order valence-electron chi connectivity index (χ1n) is 9.84. The first-order valence-corrected chi connectivity index (χ1v) is 11.6. The van der Waals surface area contributed by atoms with Crippen LogP contribution < -0.4 is 5.32 Å². The molecule has 0 radical (unpaired) electrons. The summed E-state index contributed by atoms with van der Waals surface area (Å²) in [5.74, 6) is -0.0873. The van der Waals surface area contributed by atoms with Crippen LogP contribution in [0.15, 0.2) is 54.6 Å². The van der Waals surface area contributed by atoms with E-state index in [9.17, 15) is 13.2 Å². The van der Waals surface area contributed by atoms with Crippen LogP contribution in [0.25, 0.3) is 5.69 Å². The quantitative estimate of drug-likeness (QED) is 0.562. The monoisotopic (exact) mass is 427 g/mol. The highest BCUT2D eigenvalue weighted by molar-refractivity contribution is 7.92. The summed E-state index contributed by atoms with van der Waals surface area (Å²) in [5, 5.41) is 13.2. The molecule has 1 heterocycles. The summed E-state index contributed by atoms with van der Waals surface area (Å²) >= 11 is 0. The molecule has 1 N–H and O–H groups in total. The molecule has 1 amide bonds. The summed E-state index contributed by atoms with van der Waals surface area (Å²) in [6.07, 6.45) is 1.60. The van der Waals surface area contributed by atoms with Crippen LogP contribution in [0, 0.1) is 0 Å². The SMILES string of the molecule is CCc1ccc(NC(=O)C(C)S(=O)(=O)CCCc2nnnn2-c2ccccc2)cc1. The zero-order valence-electron chi connectivity index (χ0n) is 17.0. The molecule has 1 aromatic heterocycles. The number of rotatable bonds is 9. The molecular weight excluding hydrogens is 402 g/mol. The normalized spacial score (nSPS) is 12.5. The van der Waals surface area contributed by atoms with Gasteiger partial charge in [-0.05, 0) is 60.0 Å². The van der Waals surface area contributed by atoms with Crippen molar-refractivity contribution in [3.63, 3.8) is 0 Å². The fraction of sp³-hybridized carbons (Fsp3) is 0.333. The van der Waals surface area contributed by atoms with Gasteiger partial charge in [0.2, 0.25) is 5.91 Å². The molecule has 0 aliphatic rings. The maximum absolute atomic E-state index is 12.6. The lowest BCUT2D eigenvalue weighted by molar-refractivity contribution is -0.115. The minimum atomic E-state index is -3.61. The van der Waals surface area contributed by atoms with Crippen molar-refractivity contribution in [3.8, 4) is 5.69 Å². The third kappa shape index (κ3) is 5.29. The number of benzene rings is 2. The van der Waals surface area contributed by atoms with E-state index in [0.29, 0.717) is 24.4 Å². The van der Waals surface area contributed by atoms with E-state index in [1.807, 2.05) is 49.4 Å². The number of amides is 1. The van der Waals surface area contributed by atoms with Gasteiger partial charge in [-0.15, -0.1) is 5.10 Å². The van der Waals surface area contributed by atoms with Gasteiger partial charge in [0, 0.05) is 12.1 Å². The van der Waals surface area contributed by atoms with Gasteiger partial charge in [-0.1, -0.05) is 37.3 Å². The van der Waals surface area contributed by atoms with E-state index in [2.05, 4.69) is 20.8 Å². The van der Waals surface area contributed by atoms with Crippen molar-refractivity contribution in [2.24, 2.45) is 0 Å². The molecule has 0 bridgehead atoms. The molecule has 0 aliphatic carbocycles. The zero-order chi connectivity index (χ0) is 21.6. The summed E-state index contributed by atoms with van der Waals surface area (Å²) in [6.45, 7) is 3.46. The van der Waals surface area contributed by atoms with Crippen molar-refractivity contribution in [2.75, 3.05) is 11.1 Å². The molecule has 2 aromatic carbocycles. The van der Waals surface area contributed by atoms with Gasteiger partial charge >= 0.3 is 0 Å². The Kier molecular flexibility index (Phi) is 6.94. The number of para-hydroxylation sites is 1. The van der Waals surface area contributed by atoms with Crippen LogP contribution in [0.5, 0.6) is 0 Å². The van der Waals surface area contributed by atoms with E-state index < -0.39 is 21.0 Å². The second-order valence-corrected chi connectivity index (χ2v) is 9.44. The summed E-state index contributed by atoms with van der Waals surface area (Å²) in [6, 6.07) is 16.8. The molecule has 9 heteroatoms. The van der Waals surface area contributed by atoms with E-state index >= 15 is 0 Å². The summed E-state index contributed by atoms with van der Waals surface area (Å²) < 4.78 is 26.8. The minimum absolute atomic E-state index is 0.127. The fourth-order valence-electron chi connectivity index (χ4n) is 2.97. The van der Waals surface area contributed by atoms with Crippen molar-refractivity contribution in [2.45, 2.75) is 38.4 Å². The van der Waals surface area contributed by atoms with Gasteiger partial charge in [-0.2, -0.15) is 4.68 Å². The number of aromatic nitrogens is 4. The van der Waals surface area contributed by atoms with Crippen LogP contribution in [-0.4, -0.2) is 45.5 Å². The van der Waals surface area contributed by atoms with Gasteiger partial charge in [-0.3, -0.25) is 4.79 Å². The van der Waals surface area contributed by atoms with E-state index in [-0.39, 0.29) is 5.75 Å². The molecular formula is C21H25N5O3S. The number of carbonyl (C=O) groups excluding carboxylic acids is 1. The Morgan fingerprint density at radius 3 is 2.47 bits per heavy atom. The average Bonchev–Trinajstić information content (AvgIpc) is 3.22. The molecule has 158 valence electrons. The Labute approximate surface area is 176 Å².